The van der Waals surface area contributed by atoms with Gasteiger partial charge in [0.05, 0.1) is 19.3 Å². The molecule has 0 aliphatic carbocycles. The summed E-state index contributed by atoms with van der Waals surface area (Å²) in [6.45, 7) is 6.94. The molecule has 2 atom stereocenters. The van der Waals surface area contributed by atoms with Crippen LogP contribution in [0.4, 0.5) is 0 Å². The highest BCUT2D eigenvalue weighted by Crippen LogP contribution is 2.18. The molecule has 0 aliphatic rings. The second kappa shape index (κ2) is 22.1. The summed E-state index contributed by atoms with van der Waals surface area (Å²) in [7, 11) is 0. The van der Waals surface area contributed by atoms with Crippen LogP contribution in [0.3, 0.4) is 0 Å². The van der Waals surface area contributed by atoms with Crippen molar-refractivity contribution in [2.45, 2.75) is 110 Å². The molecule has 0 fully saturated rings. The fraction of sp³-hybridized carbons (Fsp3) is 1.00. The summed E-state index contributed by atoms with van der Waals surface area (Å²) in [5.74, 6) is 0.893. The van der Waals surface area contributed by atoms with E-state index in [1.165, 1.54) is 83.5 Å². The topological polar surface area (TPSA) is 61.7 Å². The summed E-state index contributed by atoms with van der Waals surface area (Å²) in [4.78, 5) is 0. The van der Waals surface area contributed by atoms with E-state index >= 15 is 0 Å². The molecule has 164 valence electrons. The Balaban J connectivity index is 3.20. The molecule has 0 saturated heterocycles. The fourth-order valence-corrected chi connectivity index (χ4v) is 3.45. The molecule has 0 aromatic rings. The van der Waals surface area contributed by atoms with E-state index in [1.54, 1.807) is 0 Å². The number of nitrogens with one attached hydrogen (secondary N) is 1. The standard InChI is InChI=1S/C23H49NO3/c1-3-4-5-6-7-9-12-15-22(2)16-13-10-8-11-14-19-27-21-23(26)20-24-17-18-25/h22-26H,3-21H2,1-2H3. The van der Waals surface area contributed by atoms with Gasteiger partial charge in [0.1, 0.15) is 0 Å². The van der Waals surface area contributed by atoms with Gasteiger partial charge in [-0.1, -0.05) is 97.3 Å². The largest absolute Gasteiger partial charge is 0.395 e. The van der Waals surface area contributed by atoms with Gasteiger partial charge in [-0.05, 0) is 12.3 Å². The maximum absolute atomic E-state index is 9.66. The van der Waals surface area contributed by atoms with Gasteiger partial charge in [0.25, 0.3) is 0 Å². The third kappa shape index (κ3) is 22.0. The van der Waals surface area contributed by atoms with E-state index in [0.717, 1.165) is 18.9 Å². The van der Waals surface area contributed by atoms with Crippen molar-refractivity contribution in [1.82, 2.24) is 5.32 Å². The van der Waals surface area contributed by atoms with Crippen molar-refractivity contribution in [2.75, 3.05) is 32.9 Å². The third-order valence-electron chi connectivity index (χ3n) is 5.26. The molecule has 4 heteroatoms. The van der Waals surface area contributed by atoms with Crippen molar-refractivity contribution in [3.8, 4) is 0 Å². The predicted molar refractivity (Wildman–Crippen MR) is 116 cm³/mol. The SMILES string of the molecule is CCCCCCCCCC(C)CCCCCCCOCC(O)CNCCO. The first-order valence-corrected chi connectivity index (χ1v) is 11.8. The first-order chi connectivity index (χ1) is 13.2. The molecule has 0 rings (SSSR count). The van der Waals surface area contributed by atoms with Crippen molar-refractivity contribution in [3.05, 3.63) is 0 Å². The highest BCUT2D eigenvalue weighted by atomic mass is 16.5. The quantitative estimate of drug-likeness (QED) is 0.227. The van der Waals surface area contributed by atoms with Gasteiger partial charge in [-0.3, -0.25) is 0 Å². The van der Waals surface area contributed by atoms with Crippen molar-refractivity contribution >= 4 is 0 Å². The predicted octanol–water partition coefficient (Wildman–Crippen LogP) is 5.06. The molecular formula is C23H49NO3. The molecule has 0 aromatic heterocycles. The highest BCUT2D eigenvalue weighted by Gasteiger charge is 2.04. The average Bonchev–Trinajstić information content (AvgIpc) is 2.66. The molecule has 3 N–H and O–H groups in total. The van der Waals surface area contributed by atoms with Gasteiger partial charge in [0, 0.05) is 19.7 Å². The molecule has 0 radical (unpaired) electrons. The van der Waals surface area contributed by atoms with E-state index in [9.17, 15) is 5.11 Å². The Kier molecular flexibility index (Phi) is 22.0. The Morgan fingerprint density at radius 3 is 1.96 bits per heavy atom. The lowest BCUT2D eigenvalue weighted by atomic mass is 9.96. The van der Waals surface area contributed by atoms with Crippen LogP contribution in [0, 0.1) is 5.92 Å². The first kappa shape index (κ1) is 26.8. The fourth-order valence-electron chi connectivity index (χ4n) is 3.45. The summed E-state index contributed by atoms with van der Waals surface area (Å²) in [6.07, 6.45) is 18.6. The molecule has 0 aliphatic heterocycles. The zero-order valence-electron chi connectivity index (χ0n) is 18.4. The van der Waals surface area contributed by atoms with Gasteiger partial charge in [-0.15, -0.1) is 0 Å². The number of unbranched alkanes of at least 4 members (excludes halogenated alkanes) is 10. The summed E-state index contributed by atoms with van der Waals surface area (Å²) in [6, 6.07) is 0. The molecule has 0 bridgehead atoms. The van der Waals surface area contributed by atoms with E-state index in [2.05, 4.69) is 19.2 Å². The molecule has 27 heavy (non-hydrogen) atoms. The number of hydrogen-bond acceptors (Lipinski definition) is 4. The second-order valence-electron chi connectivity index (χ2n) is 8.23. The lowest BCUT2D eigenvalue weighted by Crippen LogP contribution is -2.32. The summed E-state index contributed by atoms with van der Waals surface area (Å²) in [5.41, 5.74) is 0. The summed E-state index contributed by atoms with van der Waals surface area (Å²) in [5, 5.41) is 21.3. The van der Waals surface area contributed by atoms with Gasteiger partial charge in [-0.2, -0.15) is 0 Å². The van der Waals surface area contributed by atoms with Crippen molar-refractivity contribution in [1.29, 1.82) is 0 Å². The van der Waals surface area contributed by atoms with Gasteiger partial charge >= 0.3 is 0 Å². The summed E-state index contributed by atoms with van der Waals surface area (Å²) < 4.78 is 5.50. The molecule has 0 amide bonds. The average molecular weight is 388 g/mol. The number of hydrogen-bond donors (Lipinski definition) is 3. The van der Waals surface area contributed by atoms with Crippen LogP contribution in [-0.2, 0) is 4.74 Å². The van der Waals surface area contributed by atoms with Crippen molar-refractivity contribution in [3.63, 3.8) is 0 Å². The summed E-state index contributed by atoms with van der Waals surface area (Å²) >= 11 is 0. The maximum Gasteiger partial charge on any atom is 0.0897 e. The van der Waals surface area contributed by atoms with Crippen molar-refractivity contribution in [2.24, 2.45) is 5.92 Å². The zero-order valence-corrected chi connectivity index (χ0v) is 18.4. The molecule has 0 spiro atoms. The van der Waals surface area contributed by atoms with Crippen LogP contribution in [0.1, 0.15) is 104 Å². The lowest BCUT2D eigenvalue weighted by Gasteiger charge is -2.12. The Labute approximate surface area is 169 Å². The minimum atomic E-state index is -0.477. The Bertz CT molecular complexity index is 276. The Morgan fingerprint density at radius 1 is 0.815 bits per heavy atom. The van der Waals surface area contributed by atoms with Crippen LogP contribution in [0.25, 0.3) is 0 Å². The number of aliphatic hydroxyl groups is 2. The van der Waals surface area contributed by atoms with Gasteiger partial charge in [-0.25, -0.2) is 0 Å². The molecule has 0 aromatic carbocycles. The van der Waals surface area contributed by atoms with Crippen LogP contribution in [0.2, 0.25) is 0 Å². The molecule has 0 heterocycles. The minimum Gasteiger partial charge on any atom is -0.395 e. The minimum absolute atomic E-state index is 0.103. The van der Waals surface area contributed by atoms with E-state index in [-0.39, 0.29) is 6.61 Å². The van der Waals surface area contributed by atoms with Gasteiger partial charge < -0.3 is 20.3 Å². The Hall–Kier alpha value is -0.160. The van der Waals surface area contributed by atoms with Crippen LogP contribution >= 0.6 is 0 Å². The molecule has 2 unspecified atom stereocenters. The number of rotatable bonds is 22. The van der Waals surface area contributed by atoms with E-state index in [1.807, 2.05) is 0 Å². The molecular weight excluding hydrogens is 338 g/mol. The van der Waals surface area contributed by atoms with Crippen LogP contribution < -0.4 is 5.32 Å². The number of ether oxygens (including phenoxy) is 1. The van der Waals surface area contributed by atoms with Gasteiger partial charge in [0.15, 0.2) is 0 Å². The normalized spacial score (nSPS) is 13.8. The monoisotopic (exact) mass is 387 g/mol. The Morgan fingerprint density at radius 2 is 1.37 bits per heavy atom. The van der Waals surface area contributed by atoms with Gasteiger partial charge in [0.2, 0.25) is 0 Å². The third-order valence-corrected chi connectivity index (χ3v) is 5.26. The lowest BCUT2D eigenvalue weighted by molar-refractivity contribution is 0.0350. The molecule has 0 saturated carbocycles. The first-order valence-electron chi connectivity index (χ1n) is 11.8. The second-order valence-corrected chi connectivity index (χ2v) is 8.23. The van der Waals surface area contributed by atoms with Crippen LogP contribution in [0.15, 0.2) is 0 Å². The maximum atomic E-state index is 9.66. The van der Waals surface area contributed by atoms with Crippen LogP contribution in [-0.4, -0.2) is 49.2 Å². The zero-order chi connectivity index (χ0) is 20.0. The van der Waals surface area contributed by atoms with E-state index in [0.29, 0.717) is 19.7 Å². The van der Waals surface area contributed by atoms with Crippen LogP contribution in [0.5, 0.6) is 0 Å². The van der Waals surface area contributed by atoms with E-state index in [4.69, 9.17) is 9.84 Å². The van der Waals surface area contributed by atoms with Crippen molar-refractivity contribution < 1.29 is 14.9 Å². The smallest absolute Gasteiger partial charge is 0.0897 e. The van der Waals surface area contributed by atoms with E-state index < -0.39 is 6.10 Å². The molecule has 4 nitrogen and oxygen atoms in total. The highest BCUT2D eigenvalue weighted by molar-refractivity contribution is 4.58. The number of aliphatic hydroxyl groups excluding tert-OH is 2.